The molecule has 0 aliphatic carbocycles. The van der Waals surface area contributed by atoms with Crippen molar-refractivity contribution in [1.82, 2.24) is 10.2 Å². The van der Waals surface area contributed by atoms with Crippen LogP contribution in [0.5, 0.6) is 0 Å². The van der Waals surface area contributed by atoms with Crippen molar-refractivity contribution in [3.05, 3.63) is 88.5 Å². The molecule has 2 heterocycles. The summed E-state index contributed by atoms with van der Waals surface area (Å²) < 4.78 is 19.5. The van der Waals surface area contributed by atoms with E-state index < -0.39 is 17.8 Å². The lowest BCUT2D eigenvalue weighted by Gasteiger charge is -2.12. The number of benzene rings is 2. The van der Waals surface area contributed by atoms with Crippen LogP contribution in [-0.2, 0) is 11.3 Å². The Morgan fingerprint density at radius 3 is 2.54 bits per heavy atom. The Bertz CT molecular complexity index is 1090. The highest BCUT2D eigenvalue weighted by Crippen LogP contribution is 2.25. The summed E-state index contributed by atoms with van der Waals surface area (Å²) in [6.07, 6.45) is 1.45. The third-order valence-corrected chi connectivity index (χ3v) is 4.54. The number of halogens is 2. The predicted molar refractivity (Wildman–Crippen MR) is 103 cm³/mol. The van der Waals surface area contributed by atoms with Crippen molar-refractivity contribution < 1.29 is 18.4 Å². The first-order valence-electron chi connectivity index (χ1n) is 8.45. The van der Waals surface area contributed by atoms with Gasteiger partial charge in [0.15, 0.2) is 0 Å². The molecule has 1 aromatic heterocycles. The quantitative estimate of drug-likeness (QED) is 0.507. The van der Waals surface area contributed by atoms with Gasteiger partial charge in [0.05, 0.1) is 6.54 Å². The Morgan fingerprint density at radius 1 is 1.04 bits per heavy atom. The number of urea groups is 1. The molecule has 0 spiro atoms. The van der Waals surface area contributed by atoms with Gasteiger partial charge in [-0.25, -0.2) is 9.18 Å². The van der Waals surface area contributed by atoms with Crippen molar-refractivity contribution in [2.45, 2.75) is 6.54 Å². The van der Waals surface area contributed by atoms with Crippen LogP contribution in [0.25, 0.3) is 17.4 Å². The molecule has 1 saturated heterocycles. The van der Waals surface area contributed by atoms with Gasteiger partial charge >= 0.3 is 6.03 Å². The van der Waals surface area contributed by atoms with E-state index in [4.69, 9.17) is 16.0 Å². The molecule has 7 heteroatoms. The maximum atomic E-state index is 13.8. The molecule has 1 aliphatic heterocycles. The maximum Gasteiger partial charge on any atom is 0.329 e. The molecule has 1 N–H and O–H groups in total. The molecule has 5 nitrogen and oxygen atoms in total. The number of rotatable bonds is 4. The van der Waals surface area contributed by atoms with Crippen LogP contribution >= 0.6 is 11.6 Å². The zero-order chi connectivity index (χ0) is 19.7. The summed E-state index contributed by atoms with van der Waals surface area (Å²) in [5, 5.41) is 3.11. The van der Waals surface area contributed by atoms with Gasteiger partial charge in [-0.2, -0.15) is 0 Å². The van der Waals surface area contributed by atoms with Gasteiger partial charge < -0.3 is 9.73 Å². The summed E-state index contributed by atoms with van der Waals surface area (Å²) in [4.78, 5) is 25.6. The summed E-state index contributed by atoms with van der Waals surface area (Å²) in [5.74, 6) is -0.0123. The van der Waals surface area contributed by atoms with Gasteiger partial charge in [-0.1, -0.05) is 29.8 Å². The topological polar surface area (TPSA) is 62.6 Å². The highest BCUT2D eigenvalue weighted by Gasteiger charge is 2.34. The highest BCUT2D eigenvalue weighted by atomic mass is 35.5. The molecule has 0 atom stereocenters. The lowest BCUT2D eigenvalue weighted by molar-refractivity contribution is -0.123. The number of nitrogens with zero attached hydrogens (tertiary/aromatic N) is 1. The average molecular weight is 397 g/mol. The van der Waals surface area contributed by atoms with E-state index in [1.807, 2.05) is 12.1 Å². The maximum absolute atomic E-state index is 13.8. The lowest BCUT2D eigenvalue weighted by Crippen LogP contribution is -2.30. The number of carbonyl (C=O) groups is 2. The minimum atomic E-state index is -0.607. The van der Waals surface area contributed by atoms with Crippen molar-refractivity contribution in [1.29, 1.82) is 0 Å². The second-order valence-electron chi connectivity index (χ2n) is 6.18. The number of hydrogen-bond donors (Lipinski definition) is 1. The van der Waals surface area contributed by atoms with Crippen molar-refractivity contribution in [3.63, 3.8) is 0 Å². The van der Waals surface area contributed by atoms with Gasteiger partial charge in [-0.05, 0) is 42.5 Å². The van der Waals surface area contributed by atoms with Crippen LogP contribution in [0.15, 0.2) is 70.8 Å². The number of carbonyl (C=O) groups excluding carboxylic acids is 2. The summed E-state index contributed by atoms with van der Waals surface area (Å²) in [7, 11) is 0. The molecular weight excluding hydrogens is 383 g/mol. The zero-order valence-corrected chi connectivity index (χ0v) is 15.2. The van der Waals surface area contributed by atoms with Crippen molar-refractivity contribution >= 4 is 29.6 Å². The monoisotopic (exact) mass is 396 g/mol. The van der Waals surface area contributed by atoms with E-state index >= 15 is 0 Å². The van der Waals surface area contributed by atoms with E-state index in [1.165, 1.54) is 18.2 Å². The molecular formula is C21H14ClFN2O3. The Labute approximate surface area is 165 Å². The fourth-order valence-electron chi connectivity index (χ4n) is 2.85. The molecule has 3 aromatic rings. The first-order chi connectivity index (χ1) is 13.5. The number of nitrogens with one attached hydrogen (secondary N) is 1. The van der Waals surface area contributed by atoms with E-state index in [0.29, 0.717) is 16.5 Å². The fourth-order valence-corrected chi connectivity index (χ4v) is 2.98. The van der Waals surface area contributed by atoms with Crippen LogP contribution in [0.3, 0.4) is 0 Å². The molecule has 3 amide bonds. The second-order valence-corrected chi connectivity index (χ2v) is 6.62. The average Bonchev–Trinajstić information content (AvgIpc) is 3.24. The lowest BCUT2D eigenvalue weighted by atomic mass is 10.2. The van der Waals surface area contributed by atoms with E-state index in [9.17, 15) is 14.0 Å². The molecule has 2 aromatic carbocycles. The first-order valence-corrected chi connectivity index (χ1v) is 8.83. The van der Waals surface area contributed by atoms with Gasteiger partial charge in [-0.3, -0.25) is 9.69 Å². The number of amides is 3. The Balaban J connectivity index is 1.54. The Hall–Kier alpha value is -3.38. The molecule has 0 radical (unpaired) electrons. The van der Waals surface area contributed by atoms with Crippen molar-refractivity contribution in [2.75, 3.05) is 0 Å². The molecule has 4 rings (SSSR count). The van der Waals surface area contributed by atoms with Crippen molar-refractivity contribution in [2.24, 2.45) is 0 Å². The standard InChI is InChI=1S/C21H14ClFN2O3/c22-15-7-5-13(6-8-15)19-10-9-16(28-19)11-18-20(26)25(21(27)24-18)12-14-3-1-2-4-17(14)23/h1-11H,12H2,(H,24,27)/b18-11+. The highest BCUT2D eigenvalue weighted by molar-refractivity contribution is 6.30. The number of imide groups is 1. The fraction of sp³-hybridized carbons (Fsp3) is 0.0476. The van der Waals surface area contributed by atoms with Gasteiger partial charge in [0.2, 0.25) is 0 Å². The van der Waals surface area contributed by atoms with E-state index in [2.05, 4.69) is 5.32 Å². The van der Waals surface area contributed by atoms with Crippen LogP contribution in [0.2, 0.25) is 5.02 Å². The number of hydrogen-bond acceptors (Lipinski definition) is 3. The van der Waals surface area contributed by atoms with Crippen molar-refractivity contribution in [3.8, 4) is 11.3 Å². The van der Waals surface area contributed by atoms with Gasteiger partial charge in [-0.15, -0.1) is 0 Å². The third-order valence-electron chi connectivity index (χ3n) is 4.29. The van der Waals surface area contributed by atoms with Crippen LogP contribution in [-0.4, -0.2) is 16.8 Å². The molecule has 28 heavy (non-hydrogen) atoms. The summed E-state index contributed by atoms with van der Waals surface area (Å²) in [6, 6.07) is 16.0. The smallest absolute Gasteiger partial charge is 0.329 e. The normalized spacial score (nSPS) is 15.4. The van der Waals surface area contributed by atoms with Crippen LogP contribution in [0, 0.1) is 5.82 Å². The molecule has 1 aliphatic rings. The molecule has 140 valence electrons. The minimum absolute atomic E-state index is 0.0679. The zero-order valence-electron chi connectivity index (χ0n) is 14.5. The largest absolute Gasteiger partial charge is 0.457 e. The van der Waals surface area contributed by atoms with E-state index in [-0.39, 0.29) is 17.8 Å². The second kappa shape index (κ2) is 7.32. The summed E-state index contributed by atoms with van der Waals surface area (Å²) in [6.45, 7) is -0.150. The molecule has 0 saturated carbocycles. The van der Waals surface area contributed by atoms with Crippen LogP contribution < -0.4 is 5.32 Å². The third kappa shape index (κ3) is 3.54. The van der Waals surface area contributed by atoms with Gasteiger partial charge in [0, 0.05) is 22.2 Å². The summed E-state index contributed by atoms with van der Waals surface area (Å²) >= 11 is 5.88. The van der Waals surface area contributed by atoms with Crippen LogP contribution in [0.4, 0.5) is 9.18 Å². The Morgan fingerprint density at radius 2 is 1.79 bits per heavy atom. The molecule has 1 fully saturated rings. The van der Waals surface area contributed by atoms with Gasteiger partial charge in [0.1, 0.15) is 23.0 Å². The summed E-state index contributed by atoms with van der Waals surface area (Å²) in [5.41, 5.74) is 1.16. The SMILES string of the molecule is O=C1N/C(=C/c2ccc(-c3ccc(Cl)cc3)o2)C(=O)N1Cc1ccccc1F. The number of furan rings is 1. The first kappa shape index (κ1) is 18.0. The Kier molecular flexibility index (Phi) is 4.71. The van der Waals surface area contributed by atoms with E-state index in [1.54, 1.807) is 36.4 Å². The minimum Gasteiger partial charge on any atom is -0.457 e. The molecule has 0 unspecified atom stereocenters. The van der Waals surface area contributed by atoms with E-state index in [0.717, 1.165) is 10.5 Å². The molecule has 0 bridgehead atoms. The van der Waals surface area contributed by atoms with Crippen LogP contribution in [0.1, 0.15) is 11.3 Å². The van der Waals surface area contributed by atoms with Gasteiger partial charge in [0.25, 0.3) is 5.91 Å². The predicted octanol–water partition coefficient (Wildman–Crippen LogP) is 4.83.